The first-order valence-corrected chi connectivity index (χ1v) is 8.90. The highest BCUT2D eigenvalue weighted by atomic mass is 16.5. The van der Waals surface area contributed by atoms with E-state index in [-0.39, 0.29) is 11.6 Å². The number of hydrogen-bond acceptors (Lipinski definition) is 3. The van der Waals surface area contributed by atoms with Crippen molar-refractivity contribution in [3.63, 3.8) is 0 Å². The molecule has 1 atom stereocenters. The van der Waals surface area contributed by atoms with E-state index >= 15 is 0 Å². The second kappa shape index (κ2) is 7.44. The van der Waals surface area contributed by atoms with Crippen molar-refractivity contribution in [2.45, 2.75) is 31.3 Å². The number of rotatable bonds is 4. The van der Waals surface area contributed by atoms with E-state index in [0.717, 1.165) is 19.3 Å². The van der Waals surface area contributed by atoms with Gasteiger partial charge in [-0.2, -0.15) is 0 Å². The molecule has 2 amide bonds. The van der Waals surface area contributed by atoms with Gasteiger partial charge in [0, 0.05) is 26.7 Å². The summed E-state index contributed by atoms with van der Waals surface area (Å²) in [5.74, 6) is -1.19. The van der Waals surface area contributed by atoms with Crippen LogP contribution in [-0.4, -0.2) is 65.8 Å². The Hall–Kier alpha value is -2.08. The first-order chi connectivity index (χ1) is 12.0. The predicted molar refractivity (Wildman–Crippen MR) is 93.4 cm³/mol. The lowest BCUT2D eigenvalue weighted by Gasteiger charge is -2.40. The van der Waals surface area contributed by atoms with Gasteiger partial charge in [-0.05, 0) is 31.2 Å². The van der Waals surface area contributed by atoms with Crippen LogP contribution in [0.25, 0.3) is 0 Å². The topological polar surface area (TPSA) is 70.1 Å². The Morgan fingerprint density at radius 1 is 1.28 bits per heavy atom. The van der Waals surface area contributed by atoms with Crippen LogP contribution >= 0.6 is 0 Å². The van der Waals surface area contributed by atoms with Crippen molar-refractivity contribution in [2.75, 3.05) is 33.3 Å². The van der Waals surface area contributed by atoms with Crippen molar-refractivity contribution in [3.05, 3.63) is 35.9 Å². The Kier molecular flexibility index (Phi) is 5.27. The molecule has 2 heterocycles. The monoisotopic (exact) mass is 346 g/mol. The minimum Gasteiger partial charge on any atom is -0.481 e. The standard InChI is InChI=1S/C19H26N2O4/c1-20(10-7-15-5-3-2-4-6-15)18(24)21-11-8-19(9-12-21)13-16(14-25-19)17(22)23/h2-6,16H,7-14H2,1H3,(H,22,23). The van der Waals surface area contributed by atoms with Gasteiger partial charge in [0.2, 0.25) is 0 Å². The number of urea groups is 1. The van der Waals surface area contributed by atoms with Crippen LogP contribution in [-0.2, 0) is 16.0 Å². The Morgan fingerprint density at radius 3 is 2.56 bits per heavy atom. The third-order valence-corrected chi connectivity index (χ3v) is 5.41. The SMILES string of the molecule is CN(CCc1ccccc1)C(=O)N1CCC2(CC1)CC(C(=O)O)CO2. The van der Waals surface area contributed by atoms with Crippen LogP contribution in [0.5, 0.6) is 0 Å². The van der Waals surface area contributed by atoms with Gasteiger partial charge in [0.25, 0.3) is 0 Å². The third-order valence-electron chi connectivity index (χ3n) is 5.41. The second-order valence-electron chi connectivity index (χ2n) is 7.16. The molecular weight excluding hydrogens is 320 g/mol. The van der Waals surface area contributed by atoms with Gasteiger partial charge in [0.15, 0.2) is 0 Å². The van der Waals surface area contributed by atoms with Crippen LogP contribution in [0.1, 0.15) is 24.8 Å². The number of likely N-dealkylation sites (tertiary alicyclic amines) is 1. The maximum Gasteiger partial charge on any atom is 0.319 e. The van der Waals surface area contributed by atoms with Crippen molar-refractivity contribution >= 4 is 12.0 Å². The first-order valence-electron chi connectivity index (χ1n) is 8.90. The van der Waals surface area contributed by atoms with Crippen molar-refractivity contribution < 1.29 is 19.4 Å². The molecule has 0 saturated carbocycles. The van der Waals surface area contributed by atoms with E-state index < -0.39 is 11.9 Å². The van der Waals surface area contributed by atoms with Crippen LogP contribution in [0.15, 0.2) is 30.3 Å². The number of carbonyl (C=O) groups is 2. The molecule has 0 aromatic heterocycles. The molecule has 1 spiro atoms. The molecule has 0 aliphatic carbocycles. The third kappa shape index (κ3) is 4.12. The zero-order valence-electron chi connectivity index (χ0n) is 14.7. The molecule has 1 unspecified atom stereocenters. The van der Waals surface area contributed by atoms with Crippen molar-refractivity contribution in [3.8, 4) is 0 Å². The van der Waals surface area contributed by atoms with Gasteiger partial charge in [-0.15, -0.1) is 0 Å². The van der Waals surface area contributed by atoms with Crippen molar-refractivity contribution in [1.82, 2.24) is 9.80 Å². The number of nitrogens with zero attached hydrogens (tertiary/aromatic N) is 2. The van der Waals surface area contributed by atoms with E-state index in [1.165, 1.54) is 5.56 Å². The van der Waals surface area contributed by atoms with Crippen molar-refractivity contribution in [2.24, 2.45) is 5.92 Å². The normalized spacial score (nSPS) is 22.1. The lowest BCUT2D eigenvalue weighted by Crippen LogP contribution is -2.50. The Balaban J connectivity index is 1.47. The molecule has 1 aromatic rings. The smallest absolute Gasteiger partial charge is 0.319 e. The summed E-state index contributed by atoms with van der Waals surface area (Å²) < 4.78 is 5.82. The quantitative estimate of drug-likeness (QED) is 0.908. The average molecular weight is 346 g/mol. The second-order valence-corrected chi connectivity index (χ2v) is 7.16. The number of piperidine rings is 1. The van der Waals surface area contributed by atoms with E-state index in [9.17, 15) is 9.59 Å². The maximum atomic E-state index is 12.6. The van der Waals surface area contributed by atoms with Gasteiger partial charge < -0.3 is 19.6 Å². The summed E-state index contributed by atoms with van der Waals surface area (Å²) in [6.07, 6.45) is 2.84. The summed E-state index contributed by atoms with van der Waals surface area (Å²) in [6, 6.07) is 10.2. The summed E-state index contributed by atoms with van der Waals surface area (Å²) in [5.41, 5.74) is 0.876. The zero-order valence-corrected chi connectivity index (χ0v) is 14.7. The number of carbonyl (C=O) groups excluding carboxylic acids is 1. The number of ether oxygens (including phenoxy) is 1. The van der Waals surface area contributed by atoms with Gasteiger partial charge in [-0.1, -0.05) is 30.3 Å². The molecule has 1 aromatic carbocycles. The van der Waals surface area contributed by atoms with Gasteiger partial charge in [0.05, 0.1) is 18.1 Å². The Morgan fingerprint density at radius 2 is 1.96 bits per heavy atom. The van der Waals surface area contributed by atoms with Gasteiger partial charge >= 0.3 is 12.0 Å². The Bertz CT molecular complexity index is 611. The minimum absolute atomic E-state index is 0.0403. The molecule has 2 fully saturated rings. The summed E-state index contributed by atoms with van der Waals surface area (Å²) in [6.45, 7) is 2.23. The number of likely N-dealkylation sites (N-methyl/N-ethyl adjacent to an activating group) is 1. The van der Waals surface area contributed by atoms with E-state index in [1.54, 1.807) is 4.90 Å². The van der Waals surface area contributed by atoms with Crippen LogP contribution in [0.3, 0.4) is 0 Å². The fourth-order valence-corrected chi connectivity index (χ4v) is 3.74. The fraction of sp³-hybridized carbons (Fsp3) is 0.579. The van der Waals surface area contributed by atoms with Crippen molar-refractivity contribution in [1.29, 1.82) is 0 Å². The largest absolute Gasteiger partial charge is 0.481 e. The molecule has 1 N–H and O–H groups in total. The molecule has 6 nitrogen and oxygen atoms in total. The molecule has 25 heavy (non-hydrogen) atoms. The lowest BCUT2D eigenvalue weighted by atomic mass is 9.85. The predicted octanol–water partition coefficient (Wildman–Crippen LogP) is 2.24. The van der Waals surface area contributed by atoms with Crippen LogP contribution in [0, 0.1) is 5.92 Å². The van der Waals surface area contributed by atoms with Crippen LogP contribution in [0.2, 0.25) is 0 Å². The minimum atomic E-state index is -0.781. The summed E-state index contributed by atoms with van der Waals surface area (Å²) in [7, 11) is 1.84. The van der Waals surface area contributed by atoms with E-state index in [2.05, 4.69) is 12.1 Å². The Labute approximate surface area is 148 Å². The van der Waals surface area contributed by atoms with Gasteiger partial charge in [-0.3, -0.25) is 4.79 Å². The highest BCUT2D eigenvalue weighted by Gasteiger charge is 2.45. The lowest BCUT2D eigenvalue weighted by molar-refractivity contribution is -0.141. The molecule has 2 aliphatic heterocycles. The molecule has 2 saturated heterocycles. The summed E-state index contributed by atoms with van der Waals surface area (Å²) in [4.78, 5) is 27.4. The molecule has 3 rings (SSSR count). The maximum absolute atomic E-state index is 12.6. The highest BCUT2D eigenvalue weighted by Crippen LogP contribution is 2.38. The molecule has 136 valence electrons. The van der Waals surface area contributed by atoms with E-state index in [0.29, 0.717) is 32.7 Å². The van der Waals surface area contributed by atoms with E-state index in [1.807, 2.05) is 30.1 Å². The first kappa shape index (κ1) is 17.7. The van der Waals surface area contributed by atoms with E-state index in [4.69, 9.17) is 9.84 Å². The van der Waals surface area contributed by atoms with Crippen LogP contribution in [0.4, 0.5) is 4.79 Å². The van der Waals surface area contributed by atoms with Crippen LogP contribution < -0.4 is 0 Å². The van der Waals surface area contributed by atoms with Gasteiger partial charge in [0.1, 0.15) is 0 Å². The molecule has 0 radical (unpaired) electrons. The number of benzene rings is 1. The number of hydrogen-bond donors (Lipinski definition) is 1. The number of carboxylic acids is 1. The number of amides is 2. The molecular formula is C19H26N2O4. The molecule has 6 heteroatoms. The molecule has 0 bridgehead atoms. The number of aliphatic carboxylic acids is 1. The summed E-state index contributed by atoms with van der Waals surface area (Å²) >= 11 is 0. The van der Waals surface area contributed by atoms with Gasteiger partial charge in [-0.25, -0.2) is 4.79 Å². The zero-order chi connectivity index (χ0) is 17.9. The number of carboxylic acid groups (broad SMARTS) is 1. The average Bonchev–Trinajstić information content (AvgIpc) is 3.05. The molecule has 2 aliphatic rings. The fourth-order valence-electron chi connectivity index (χ4n) is 3.74. The highest BCUT2D eigenvalue weighted by molar-refractivity contribution is 5.74. The summed E-state index contributed by atoms with van der Waals surface area (Å²) in [5, 5.41) is 9.14.